The van der Waals surface area contributed by atoms with Crippen molar-refractivity contribution in [3.63, 3.8) is 0 Å². The van der Waals surface area contributed by atoms with Crippen LogP contribution in [-0.2, 0) is 11.3 Å². The maximum atomic E-state index is 11.7. The lowest BCUT2D eigenvalue weighted by Crippen LogP contribution is -2.11. The molecule has 1 aromatic heterocycles. The number of nitrogens with zero attached hydrogens (tertiary/aromatic N) is 1. The molecule has 0 saturated heterocycles. The minimum atomic E-state index is -0.411. The quantitative estimate of drug-likeness (QED) is 0.645. The lowest BCUT2D eigenvalue weighted by Gasteiger charge is -2.12. The molecule has 0 bridgehead atoms. The van der Waals surface area contributed by atoms with Crippen molar-refractivity contribution in [1.29, 1.82) is 0 Å². The molecule has 0 unspecified atom stereocenters. The van der Waals surface area contributed by atoms with Crippen molar-refractivity contribution < 1.29 is 9.53 Å². The minimum absolute atomic E-state index is 0.323. The van der Waals surface area contributed by atoms with Gasteiger partial charge in [0.15, 0.2) is 0 Å². The van der Waals surface area contributed by atoms with E-state index >= 15 is 0 Å². The molecule has 0 saturated carbocycles. The van der Waals surface area contributed by atoms with Gasteiger partial charge in [0.1, 0.15) is 0 Å². The number of carbonyl (C=O) groups excluding carboxylic acids is 1. The van der Waals surface area contributed by atoms with Crippen LogP contribution in [-0.4, -0.2) is 17.6 Å². The van der Waals surface area contributed by atoms with Crippen molar-refractivity contribution in [2.75, 3.05) is 17.7 Å². The van der Waals surface area contributed by atoms with Gasteiger partial charge in [-0.3, -0.25) is 4.98 Å². The number of anilines is 2. The Morgan fingerprint density at radius 1 is 1.30 bits per heavy atom. The Morgan fingerprint density at radius 3 is 2.85 bits per heavy atom. The van der Waals surface area contributed by atoms with Gasteiger partial charge >= 0.3 is 5.97 Å². The number of aromatic nitrogens is 1. The molecule has 0 radical (unpaired) electrons. The van der Waals surface area contributed by atoms with E-state index in [2.05, 4.69) is 10.3 Å². The SMILES string of the molecule is CCOC(=O)c1cccc(NCc2ccccn2)c1N. The number of esters is 1. The fraction of sp³-hybridized carbons (Fsp3) is 0.200. The number of hydrogen-bond acceptors (Lipinski definition) is 5. The standard InChI is InChI=1S/C15H17N3O2/c1-2-20-15(19)12-7-5-8-13(14(12)16)18-10-11-6-3-4-9-17-11/h3-9,18H,2,10,16H2,1H3. The summed E-state index contributed by atoms with van der Waals surface area (Å²) >= 11 is 0. The molecule has 0 aliphatic heterocycles. The summed E-state index contributed by atoms with van der Waals surface area (Å²) in [5.41, 5.74) is 8.35. The average Bonchev–Trinajstić information content (AvgIpc) is 2.47. The van der Waals surface area contributed by atoms with Crippen LogP contribution in [0.1, 0.15) is 23.0 Å². The number of para-hydroxylation sites is 1. The molecule has 0 atom stereocenters. The Hall–Kier alpha value is -2.56. The number of benzene rings is 1. The van der Waals surface area contributed by atoms with Crippen LogP contribution in [0, 0.1) is 0 Å². The average molecular weight is 271 g/mol. The molecule has 0 amide bonds. The maximum Gasteiger partial charge on any atom is 0.340 e. The highest BCUT2D eigenvalue weighted by molar-refractivity contribution is 5.98. The van der Waals surface area contributed by atoms with E-state index in [1.807, 2.05) is 24.3 Å². The number of nitrogens with one attached hydrogen (secondary N) is 1. The highest BCUT2D eigenvalue weighted by Gasteiger charge is 2.13. The van der Waals surface area contributed by atoms with Crippen LogP contribution < -0.4 is 11.1 Å². The summed E-state index contributed by atoms with van der Waals surface area (Å²) in [6, 6.07) is 10.9. The molecule has 1 heterocycles. The highest BCUT2D eigenvalue weighted by Crippen LogP contribution is 2.23. The second-order valence-corrected chi connectivity index (χ2v) is 4.16. The van der Waals surface area contributed by atoms with Gasteiger partial charge in [0.05, 0.1) is 35.8 Å². The molecule has 2 rings (SSSR count). The zero-order valence-corrected chi connectivity index (χ0v) is 11.3. The maximum absolute atomic E-state index is 11.7. The second-order valence-electron chi connectivity index (χ2n) is 4.16. The summed E-state index contributed by atoms with van der Waals surface area (Å²) in [6.07, 6.45) is 1.73. The van der Waals surface area contributed by atoms with E-state index in [0.717, 1.165) is 5.69 Å². The van der Waals surface area contributed by atoms with Gasteiger partial charge in [-0.2, -0.15) is 0 Å². The Kier molecular flexibility index (Phi) is 4.55. The molecule has 104 valence electrons. The van der Waals surface area contributed by atoms with Gasteiger partial charge in [0.25, 0.3) is 0 Å². The topological polar surface area (TPSA) is 77.2 Å². The third-order valence-electron chi connectivity index (χ3n) is 2.79. The molecular weight excluding hydrogens is 254 g/mol. The zero-order chi connectivity index (χ0) is 14.4. The van der Waals surface area contributed by atoms with Crippen molar-refractivity contribution >= 4 is 17.3 Å². The van der Waals surface area contributed by atoms with E-state index in [-0.39, 0.29) is 0 Å². The second kappa shape index (κ2) is 6.56. The third kappa shape index (κ3) is 3.26. The Balaban J connectivity index is 2.12. The smallest absolute Gasteiger partial charge is 0.340 e. The molecular formula is C15H17N3O2. The van der Waals surface area contributed by atoms with Crippen molar-refractivity contribution in [2.45, 2.75) is 13.5 Å². The third-order valence-corrected chi connectivity index (χ3v) is 2.79. The van der Waals surface area contributed by atoms with E-state index in [4.69, 9.17) is 10.5 Å². The fourth-order valence-corrected chi connectivity index (χ4v) is 1.79. The number of hydrogen-bond donors (Lipinski definition) is 2. The summed E-state index contributed by atoms with van der Waals surface area (Å²) < 4.78 is 4.97. The normalized spacial score (nSPS) is 10.1. The Bertz CT molecular complexity index is 585. The van der Waals surface area contributed by atoms with E-state index in [9.17, 15) is 4.79 Å². The lowest BCUT2D eigenvalue weighted by molar-refractivity contribution is 0.0527. The predicted molar refractivity (Wildman–Crippen MR) is 78.4 cm³/mol. The van der Waals surface area contributed by atoms with E-state index in [1.165, 1.54) is 0 Å². The van der Waals surface area contributed by atoms with Crippen LogP contribution in [0.15, 0.2) is 42.6 Å². The van der Waals surface area contributed by atoms with Gasteiger partial charge in [-0.15, -0.1) is 0 Å². The van der Waals surface area contributed by atoms with Gasteiger partial charge in [-0.05, 0) is 31.2 Å². The van der Waals surface area contributed by atoms with Crippen LogP contribution in [0.2, 0.25) is 0 Å². The Morgan fingerprint density at radius 2 is 2.15 bits per heavy atom. The molecule has 5 heteroatoms. The van der Waals surface area contributed by atoms with Crippen molar-refractivity contribution in [1.82, 2.24) is 4.98 Å². The fourth-order valence-electron chi connectivity index (χ4n) is 1.79. The summed E-state index contributed by atoms with van der Waals surface area (Å²) in [6.45, 7) is 2.62. The molecule has 3 N–H and O–H groups in total. The zero-order valence-electron chi connectivity index (χ0n) is 11.3. The summed E-state index contributed by atoms with van der Waals surface area (Å²) in [4.78, 5) is 16.0. The first-order chi connectivity index (χ1) is 9.72. The summed E-state index contributed by atoms with van der Waals surface area (Å²) in [7, 11) is 0. The lowest BCUT2D eigenvalue weighted by atomic mass is 10.1. The van der Waals surface area contributed by atoms with Crippen LogP contribution in [0.4, 0.5) is 11.4 Å². The van der Waals surface area contributed by atoms with Crippen LogP contribution in [0.3, 0.4) is 0 Å². The first-order valence-electron chi connectivity index (χ1n) is 6.41. The van der Waals surface area contributed by atoms with Gasteiger partial charge in [-0.1, -0.05) is 12.1 Å². The molecule has 0 aliphatic rings. The number of carbonyl (C=O) groups is 1. The first-order valence-corrected chi connectivity index (χ1v) is 6.41. The number of nitrogen functional groups attached to an aromatic ring is 1. The van der Waals surface area contributed by atoms with Crippen LogP contribution in [0.5, 0.6) is 0 Å². The summed E-state index contributed by atoms with van der Waals surface area (Å²) in [5, 5.41) is 3.17. The highest BCUT2D eigenvalue weighted by atomic mass is 16.5. The molecule has 20 heavy (non-hydrogen) atoms. The van der Waals surface area contributed by atoms with Crippen LogP contribution >= 0.6 is 0 Å². The molecule has 2 aromatic rings. The van der Waals surface area contributed by atoms with E-state index in [0.29, 0.717) is 30.1 Å². The van der Waals surface area contributed by atoms with E-state index in [1.54, 1.807) is 25.3 Å². The molecule has 1 aromatic carbocycles. The van der Waals surface area contributed by atoms with Crippen molar-refractivity contribution in [3.05, 3.63) is 53.9 Å². The Labute approximate surface area is 117 Å². The minimum Gasteiger partial charge on any atom is -0.462 e. The largest absolute Gasteiger partial charge is 0.462 e. The van der Waals surface area contributed by atoms with Crippen LogP contribution in [0.25, 0.3) is 0 Å². The molecule has 5 nitrogen and oxygen atoms in total. The van der Waals surface area contributed by atoms with Crippen molar-refractivity contribution in [3.8, 4) is 0 Å². The monoisotopic (exact) mass is 271 g/mol. The number of rotatable bonds is 5. The predicted octanol–water partition coefficient (Wildman–Crippen LogP) is 2.45. The van der Waals surface area contributed by atoms with Gasteiger partial charge in [0, 0.05) is 6.20 Å². The summed E-state index contributed by atoms with van der Waals surface area (Å²) in [5.74, 6) is -0.411. The molecule has 0 fully saturated rings. The van der Waals surface area contributed by atoms with E-state index < -0.39 is 5.97 Å². The van der Waals surface area contributed by atoms with Gasteiger partial charge in [0.2, 0.25) is 0 Å². The number of nitrogens with two attached hydrogens (primary N) is 1. The molecule has 0 spiro atoms. The molecule has 0 aliphatic carbocycles. The number of ether oxygens (including phenoxy) is 1. The van der Waals surface area contributed by atoms with Gasteiger partial charge < -0.3 is 15.8 Å². The van der Waals surface area contributed by atoms with Crippen molar-refractivity contribution in [2.24, 2.45) is 0 Å². The number of pyridine rings is 1. The first kappa shape index (κ1) is 13.9. The van der Waals surface area contributed by atoms with Gasteiger partial charge in [-0.25, -0.2) is 4.79 Å².